The van der Waals surface area contributed by atoms with Crippen molar-refractivity contribution >= 4 is 39.0 Å². The summed E-state index contributed by atoms with van der Waals surface area (Å²) in [6.07, 6.45) is 0.277. The topological polar surface area (TPSA) is 122 Å². The van der Waals surface area contributed by atoms with Crippen molar-refractivity contribution in [2.75, 3.05) is 23.4 Å². The maximum absolute atomic E-state index is 13.5. The van der Waals surface area contributed by atoms with E-state index in [4.69, 9.17) is 4.74 Å². The van der Waals surface area contributed by atoms with Crippen LogP contribution in [0.1, 0.15) is 19.3 Å². The van der Waals surface area contributed by atoms with E-state index < -0.39 is 40.2 Å². The van der Waals surface area contributed by atoms with Gasteiger partial charge in [-0.2, -0.15) is 5.10 Å². The highest BCUT2D eigenvalue weighted by Gasteiger charge is 2.37. The molecule has 2 aliphatic heterocycles. The number of anilines is 1. The average molecular weight is 411 g/mol. The molecule has 1 N–H and O–H groups in total. The van der Waals surface area contributed by atoms with Crippen LogP contribution in [0.3, 0.4) is 0 Å². The monoisotopic (exact) mass is 411 g/mol. The molecule has 1 saturated heterocycles. The standard InChI is InChI=1S/C17H18FN3O6S/c18-12-3-1-2-4-13(12)19-15(22)9-27-17(24)14-5-6-16(23)21(20-14)11-7-8-28(25,26)10-11/h1-4,11H,5-10H2,(H,19,22)/t11-/m1/s1. The Bertz CT molecular complexity index is 946. The first-order chi connectivity index (χ1) is 13.2. The van der Waals surface area contributed by atoms with Crippen molar-refractivity contribution in [3.63, 3.8) is 0 Å². The Labute approximate surface area is 160 Å². The molecule has 9 nitrogen and oxygen atoms in total. The summed E-state index contributed by atoms with van der Waals surface area (Å²) in [5.41, 5.74) is -0.111. The van der Waals surface area contributed by atoms with E-state index in [0.717, 1.165) is 5.01 Å². The summed E-state index contributed by atoms with van der Waals surface area (Å²) < 4.78 is 41.6. The van der Waals surface area contributed by atoms with Gasteiger partial charge in [0.25, 0.3) is 5.91 Å². The number of nitrogens with one attached hydrogen (secondary N) is 1. The summed E-state index contributed by atoms with van der Waals surface area (Å²) in [6.45, 7) is -0.655. The number of ether oxygens (including phenoxy) is 1. The van der Waals surface area contributed by atoms with Crippen molar-refractivity contribution in [2.24, 2.45) is 5.10 Å². The number of nitrogens with zero attached hydrogens (tertiary/aromatic N) is 2. The van der Waals surface area contributed by atoms with E-state index in [2.05, 4.69) is 10.4 Å². The quantitative estimate of drug-likeness (QED) is 0.703. The molecule has 1 atom stereocenters. The molecule has 1 aromatic rings. The molecule has 1 aromatic carbocycles. The lowest BCUT2D eigenvalue weighted by Crippen LogP contribution is -2.42. The number of amides is 2. The minimum Gasteiger partial charge on any atom is -0.451 e. The molecule has 28 heavy (non-hydrogen) atoms. The lowest BCUT2D eigenvalue weighted by Gasteiger charge is -2.27. The summed E-state index contributed by atoms with van der Waals surface area (Å²) in [5, 5.41) is 7.26. The van der Waals surface area contributed by atoms with E-state index in [1.165, 1.54) is 24.3 Å². The molecule has 0 bridgehead atoms. The largest absolute Gasteiger partial charge is 0.451 e. The second-order valence-corrected chi connectivity index (χ2v) is 8.67. The molecule has 0 aromatic heterocycles. The van der Waals surface area contributed by atoms with Crippen molar-refractivity contribution in [3.05, 3.63) is 30.1 Å². The molecule has 0 aliphatic carbocycles. The van der Waals surface area contributed by atoms with Gasteiger partial charge in [0.05, 0.1) is 23.2 Å². The highest BCUT2D eigenvalue weighted by atomic mass is 32.2. The van der Waals surface area contributed by atoms with Gasteiger partial charge >= 0.3 is 5.97 Å². The van der Waals surface area contributed by atoms with Gasteiger partial charge in [-0.05, 0) is 18.6 Å². The van der Waals surface area contributed by atoms with Crippen LogP contribution in [0.15, 0.2) is 29.4 Å². The number of carbonyl (C=O) groups excluding carboxylic acids is 3. The van der Waals surface area contributed by atoms with Gasteiger partial charge in [0.15, 0.2) is 16.4 Å². The van der Waals surface area contributed by atoms with E-state index in [1.807, 2.05) is 0 Å². The summed E-state index contributed by atoms with van der Waals surface area (Å²) >= 11 is 0. The van der Waals surface area contributed by atoms with Gasteiger partial charge in [0.2, 0.25) is 5.91 Å². The number of rotatable bonds is 5. The van der Waals surface area contributed by atoms with Crippen molar-refractivity contribution in [3.8, 4) is 0 Å². The fraction of sp³-hybridized carbons (Fsp3) is 0.412. The van der Waals surface area contributed by atoms with Crippen LogP contribution in [0.2, 0.25) is 0 Å². The summed E-state index contributed by atoms with van der Waals surface area (Å²) in [4.78, 5) is 36.0. The third-order valence-electron chi connectivity index (χ3n) is 4.33. The number of benzene rings is 1. The van der Waals surface area contributed by atoms with Crippen LogP contribution in [0.5, 0.6) is 0 Å². The van der Waals surface area contributed by atoms with Crippen LogP contribution in [0, 0.1) is 5.82 Å². The first kappa shape index (κ1) is 19.9. The van der Waals surface area contributed by atoms with Crippen LogP contribution in [-0.2, 0) is 29.0 Å². The third kappa shape index (κ3) is 4.71. The molecule has 11 heteroatoms. The smallest absolute Gasteiger partial charge is 0.355 e. The maximum Gasteiger partial charge on any atom is 0.355 e. The zero-order chi connectivity index (χ0) is 20.3. The van der Waals surface area contributed by atoms with Crippen LogP contribution in [0.4, 0.5) is 10.1 Å². The van der Waals surface area contributed by atoms with E-state index in [0.29, 0.717) is 0 Å². The Morgan fingerprint density at radius 3 is 2.71 bits per heavy atom. The van der Waals surface area contributed by atoms with Gasteiger partial charge in [-0.3, -0.25) is 9.59 Å². The van der Waals surface area contributed by atoms with E-state index in [9.17, 15) is 27.2 Å². The Morgan fingerprint density at radius 2 is 2.04 bits per heavy atom. The number of hydrogen-bond donors (Lipinski definition) is 1. The Morgan fingerprint density at radius 1 is 1.29 bits per heavy atom. The second-order valence-electron chi connectivity index (χ2n) is 6.45. The molecule has 1 fully saturated rings. The number of hydrogen-bond acceptors (Lipinski definition) is 7. The fourth-order valence-corrected chi connectivity index (χ4v) is 4.63. The molecular weight excluding hydrogens is 393 g/mol. The Hall–Kier alpha value is -2.82. The molecular formula is C17H18FN3O6S. The lowest BCUT2D eigenvalue weighted by molar-refractivity contribution is -0.141. The van der Waals surface area contributed by atoms with Crippen molar-refractivity contribution in [2.45, 2.75) is 25.3 Å². The number of halogens is 1. The van der Waals surface area contributed by atoms with E-state index in [1.54, 1.807) is 0 Å². The number of hydrazone groups is 1. The van der Waals surface area contributed by atoms with Gasteiger partial charge in [0, 0.05) is 12.8 Å². The predicted octanol–water partition coefficient (Wildman–Crippen LogP) is 0.473. The first-order valence-corrected chi connectivity index (χ1v) is 10.4. The van der Waals surface area contributed by atoms with Gasteiger partial charge in [-0.25, -0.2) is 22.6 Å². The zero-order valence-electron chi connectivity index (χ0n) is 14.8. The van der Waals surface area contributed by atoms with E-state index in [-0.39, 0.29) is 48.1 Å². The number of para-hydroxylation sites is 1. The maximum atomic E-state index is 13.5. The molecule has 0 saturated carbocycles. The average Bonchev–Trinajstić information content (AvgIpc) is 3.01. The fourth-order valence-electron chi connectivity index (χ4n) is 2.94. The molecule has 150 valence electrons. The zero-order valence-corrected chi connectivity index (χ0v) is 15.6. The van der Waals surface area contributed by atoms with Crippen molar-refractivity contribution in [1.29, 1.82) is 0 Å². The van der Waals surface area contributed by atoms with Gasteiger partial charge in [-0.15, -0.1) is 0 Å². The number of carbonyl (C=O) groups is 3. The summed E-state index contributed by atoms with van der Waals surface area (Å²) in [5.74, 6) is -2.84. The van der Waals surface area contributed by atoms with Gasteiger partial charge < -0.3 is 10.1 Å². The SMILES string of the molecule is O=C(COC(=O)C1=NN([C@@H]2CCS(=O)(=O)C2)C(=O)CC1)Nc1ccccc1F. The molecule has 2 amide bonds. The third-order valence-corrected chi connectivity index (χ3v) is 6.08. The summed E-state index contributed by atoms with van der Waals surface area (Å²) in [6, 6.07) is 4.93. The Kier molecular flexibility index (Phi) is 5.73. The first-order valence-electron chi connectivity index (χ1n) is 8.56. The van der Waals surface area contributed by atoms with Crippen LogP contribution in [0.25, 0.3) is 0 Å². The van der Waals surface area contributed by atoms with Gasteiger partial charge in [-0.1, -0.05) is 12.1 Å². The van der Waals surface area contributed by atoms with Crippen molar-refractivity contribution < 1.29 is 31.9 Å². The molecule has 0 radical (unpaired) electrons. The molecule has 0 spiro atoms. The molecule has 2 aliphatic rings. The molecule has 2 heterocycles. The minimum absolute atomic E-state index is 0.00803. The molecule has 0 unspecified atom stereocenters. The number of sulfone groups is 1. The van der Waals surface area contributed by atoms with Crippen molar-refractivity contribution in [1.82, 2.24) is 5.01 Å². The highest BCUT2D eigenvalue weighted by molar-refractivity contribution is 7.91. The van der Waals surface area contributed by atoms with Crippen LogP contribution in [-0.4, -0.2) is 61.1 Å². The highest BCUT2D eigenvalue weighted by Crippen LogP contribution is 2.22. The Balaban J connectivity index is 1.59. The van der Waals surface area contributed by atoms with Gasteiger partial charge in [0.1, 0.15) is 11.5 Å². The normalized spacial score (nSPS) is 21.2. The number of esters is 1. The van der Waals surface area contributed by atoms with E-state index >= 15 is 0 Å². The lowest BCUT2D eigenvalue weighted by atomic mass is 10.1. The van der Waals surface area contributed by atoms with Crippen LogP contribution >= 0.6 is 0 Å². The predicted molar refractivity (Wildman–Crippen MR) is 96.6 cm³/mol. The second kappa shape index (κ2) is 8.05. The summed E-state index contributed by atoms with van der Waals surface area (Å²) in [7, 11) is -3.22. The molecule has 3 rings (SSSR count). The minimum atomic E-state index is -3.22. The van der Waals surface area contributed by atoms with Crippen LogP contribution < -0.4 is 5.32 Å².